The van der Waals surface area contributed by atoms with Gasteiger partial charge >= 0.3 is 0 Å². The van der Waals surface area contributed by atoms with Crippen molar-refractivity contribution in [2.45, 2.75) is 6.92 Å². The molecule has 1 N–H and O–H groups in total. The summed E-state index contributed by atoms with van der Waals surface area (Å²) in [7, 11) is 0. The van der Waals surface area contributed by atoms with Crippen LogP contribution < -0.4 is 5.32 Å². The maximum absolute atomic E-state index is 12.1. The number of pyridine rings is 1. The first-order chi connectivity index (χ1) is 10.5. The summed E-state index contributed by atoms with van der Waals surface area (Å²) in [6.07, 6.45) is 3.65. The van der Waals surface area contributed by atoms with Crippen LogP contribution in [-0.2, 0) is 4.79 Å². The lowest BCUT2D eigenvalue weighted by molar-refractivity contribution is -0.124. The summed E-state index contributed by atoms with van der Waals surface area (Å²) in [5.41, 5.74) is 2.07. The van der Waals surface area contributed by atoms with E-state index in [0.29, 0.717) is 11.2 Å². The lowest BCUT2D eigenvalue weighted by atomic mass is 10.2. The van der Waals surface area contributed by atoms with Crippen LogP contribution in [0.25, 0.3) is 5.65 Å². The Kier molecular flexibility index (Phi) is 3.84. The maximum atomic E-state index is 12.1. The fraction of sp³-hybridized carbons (Fsp3) is 0.286. The third-order valence-electron chi connectivity index (χ3n) is 3.30. The summed E-state index contributed by atoms with van der Waals surface area (Å²) in [4.78, 5) is 40.4. The first kappa shape index (κ1) is 14.6. The molecule has 0 saturated carbocycles. The van der Waals surface area contributed by atoms with Crippen molar-refractivity contribution < 1.29 is 14.4 Å². The van der Waals surface area contributed by atoms with E-state index in [0.717, 1.165) is 22.4 Å². The first-order valence-electron chi connectivity index (χ1n) is 6.75. The molecule has 2 aromatic heterocycles. The number of aromatic nitrogens is 2. The third kappa shape index (κ3) is 2.82. The molecule has 0 aromatic carbocycles. The molecule has 2 aromatic rings. The zero-order chi connectivity index (χ0) is 15.7. The Labute approximate surface area is 130 Å². The Morgan fingerprint density at radius 2 is 2.27 bits per heavy atom. The number of carbonyl (C=O) groups excluding carboxylic acids is 3. The van der Waals surface area contributed by atoms with Crippen LogP contribution in [0.1, 0.15) is 16.1 Å². The second kappa shape index (κ2) is 5.80. The molecule has 1 saturated heterocycles. The zero-order valence-corrected chi connectivity index (χ0v) is 12.7. The van der Waals surface area contributed by atoms with Gasteiger partial charge in [-0.25, -0.2) is 4.98 Å². The molecule has 0 radical (unpaired) electrons. The van der Waals surface area contributed by atoms with E-state index in [1.54, 1.807) is 18.3 Å². The number of nitrogens with zero attached hydrogens (tertiary/aromatic N) is 3. The van der Waals surface area contributed by atoms with Gasteiger partial charge in [0, 0.05) is 31.0 Å². The SMILES string of the molecule is Cc1cn2ccc(C(=O)NCCN3C(=O)CSC3=O)cc2n1. The summed E-state index contributed by atoms with van der Waals surface area (Å²) >= 11 is 0.986. The number of imide groups is 1. The number of fused-ring (bicyclic) bond motifs is 1. The van der Waals surface area contributed by atoms with Crippen LogP contribution in [0.2, 0.25) is 0 Å². The van der Waals surface area contributed by atoms with Gasteiger partial charge < -0.3 is 9.72 Å². The molecular formula is C14H14N4O3S. The monoisotopic (exact) mass is 318 g/mol. The summed E-state index contributed by atoms with van der Waals surface area (Å²) in [5, 5.41) is 2.45. The van der Waals surface area contributed by atoms with Crippen LogP contribution in [0.5, 0.6) is 0 Å². The fourth-order valence-electron chi connectivity index (χ4n) is 2.23. The highest BCUT2D eigenvalue weighted by atomic mass is 32.2. The van der Waals surface area contributed by atoms with Crippen molar-refractivity contribution in [3.63, 3.8) is 0 Å². The number of imidazole rings is 1. The Hall–Kier alpha value is -2.35. The number of hydrogen-bond donors (Lipinski definition) is 1. The molecule has 7 nitrogen and oxygen atoms in total. The predicted molar refractivity (Wildman–Crippen MR) is 81.8 cm³/mol. The van der Waals surface area contributed by atoms with Gasteiger partial charge in [-0.05, 0) is 19.1 Å². The fourth-order valence-corrected chi connectivity index (χ4v) is 2.98. The molecular weight excluding hydrogens is 304 g/mol. The Morgan fingerprint density at radius 1 is 1.45 bits per heavy atom. The number of amides is 3. The average molecular weight is 318 g/mol. The maximum Gasteiger partial charge on any atom is 0.288 e. The second-order valence-electron chi connectivity index (χ2n) is 4.92. The molecule has 0 bridgehead atoms. The number of rotatable bonds is 4. The Bertz CT molecular complexity index is 755. The third-order valence-corrected chi connectivity index (χ3v) is 4.16. The quantitative estimate of drug-likeness (QED) is 0.911. The second-order valence-corrected chi connectivity index (χ2v) is 5.85. The van der Waals surface area contributed by atoms with Crippen molar-refractivity contribution in [1.82, 2.24) is 19.6 Å². The van der Waals surface area contributed by atoms with Gasteiger partial charge in [-0.1, -0.05) is 11.8 Å². The molecule has 114 valence electrons. The lowest BCUT2D eigenvalue weighted by Gasteiger charge is -2.13. The topological polar surface area (TPSA) is 83.8 Å². The van der Waals surface area contributed by atoms with E-state index in [1.165, 1.54) is 0 Å². The smallest absolute Gasteiger partial charge is 0.288 e. The van der Waals surface area contributed by atoms with Crippen molar-refractivity contribution in [3.8, 4) is 0 Å². The number of hydrogen-bond acceptors (Lipinski definition) is 5. The van der Waals surface area contributed by atoms with Crippen LogP contribution in [0.3, 0.4) is 0 Å². The highest BCUT2D eigenvalue weighted by Gasteiger charge is 2.29. The molecule has 0 unspecified atom stereocenters. The van der Waals surface area contributed by atoms with E-state index < -0.39 is 0 Å². The van der Waals surface area contributed by atoms with Crippen molar-refractivity contribution in [2.75, 3.05) is 18.8 Å². The van der Waals surface area contributed by atoms with Crippen molar-refractivity contribution >= 4 is 34.5 Å². The standard InChI is InChI=1S/C14H14N4O3S/c1-9-7-17-4-2-10(6-11(17)16-9)13(20)15-3-5-18-12(19)8-22-14(18)21/h2,4,6-7H,3,5,8H2,1H3,(H,15,20). The van der Waals surface area contributed by atoms with Crippen molar-refractivity contribution in [3.05, 3.63) is 35.8 Å². The van der Waals surface area contributed by atoms with E-state index in [1.807, 2.05) is 17.5 Å². The number of aryl methyl sites for hydroxylation is 1. The molecule has 1 fully saturated rings. The van der Waals surface area contributed by atoms with Crippen LogP contribution >= 0.6 is 11.8 Å². The minimum absolute atomic E-state index is 0.183. The van der Waals surface area contributed by atoms with E-state index >= 15 is 0 Å². The summed E-state index contributed by atoms with van der Waals surface area (Å²) in [6, 6.07) is 3.40. The van der Waals surface area contributed by atoms with Crippen LogP contribution in [0.4, 0.5) is 4.79 Å². The average Bonchev–Trinajstić information content (AvgIpc) is 3.01. The van der Waals surface area contributed by atoms with Gasteiger partial charge in [0.15, 0.2) is 0 Å². The van der Waals surface area contributed by atoms with E-state index in [2.05, 4.69) is 10.3 Å². The Morgan fingerprint density at radius 3 is 3.00 bits per heavy atom. The van der Waals surface area contributed by atoms with Gasteiger partial charge in [-0.2, -0.15) is 0 Å². The largest absolute Gasteiger partial charge is 0.350 e. The number of nitrogens with one attached hydrogen (secondary N) is 1. The molecule has 0 spiro atoms. The van der Waals surface area contributed by atoms with Gasteiger partial charge in [-0.15, -0.1) is 0 Å². The molecule has 3 heterocycles. The molecule has 1 aliphatic heterocycles. The number of thioether (sulfide) groups is 1. The lowest BCUT2D eigenvalue weighted by Crippen LogP contribution is -2.37. The van der Waals surface area contributed by atoms with Crippen molar-refractivity contribution in [1.29, 1.82) is 0 Å². The molecule has 0 aliphatic carbocycles. The van der Waals surface area contributed by atoms with Crippen LogP contribution in [0.15, 0.2) is 24.5 Å². The van der Waals surface area contributed by atoms with Gasteiger partial charge in [-0.3, -0.25) is 19.3 Å². The summed E-state index contributed by atoms with van der Waals surface area (Å²) in [5.74, 6) is -0.281. The van der Waals surface area contributed by atoms with Crippen LogP contribution in [-0.4, -0.2) is 50.2 Å². The number of carbonyl (C=O) groups is 3. The summed E-state index contributed by atoms with van der Waals surface area (Å²) < 4.78 is 1.84. The zero-order valence-electron chi connectivity index (χ0n) is 11.9. The molecule has 0 atom stereocenters. The normalized spacial score (nSPS) is 14.9. The van der Waals surface area contributed by atoms with E-state index in [4.69, 9.17) is 0 Å². The summed E-state index contributed by atoms with van der Waals surface area (Å²) in [6.45, 7) is 2.31. The molecule has 8 heteroatoms. The van der Waals surface area contributed by atoms with Crippen LogP contribution in [0, 0.1) is 6.92 Å². The minimum atomic E-state index is -0.256. The minimum Gasteiger partial charge on any atom is -0.350 e. The first-order valence-corrected chi connectivity index (χ1v) is 7.74. The van der Waals surface area contributed by atoms with E-state index in [-0.39, 0.29) is 35.9 Å². The van der Waals surface area contributed by atoms with E-state index in [9.17, 15) is 14.4 Å². The van der Waals surface area contributed by atoms with Gasteiger partial charge in [0.05, 0.1) is 11.4 Å². The van der Waals surface area contributed by atoms with Gasteiger partial charge in [0.25, 0.3) is 11.1 Å². The Balaban J connectivity index is 1.61. The molecule has 3 rings (SSSR count). The van der Waals surface area contributed by atoms with Crippen molar-refractivity contribution in [2.24, 2.45) is 0 Å². The van der Waals surface area contributed by atoms with Gasteiger partial charge in [0.2, 0.25) is 5.91 Å². The highest BCUT2D eigenvalue weighted by Crippen LogP contribution is 2.17. The highest BCUT2D eigenvalue weighted by molar-refractivity contribution is 8.14. The predicted octanol–water partition coefficient (Wildman–Crippen LogP) is 1.07. The molecule has 22 heavy (non-hydrogen) atoms. The molecule has 3 amide bonds. The molecule has 1 aliphatic rings. The van der Waals surface area contributed by atoms with Gasteiger partial charge in [0.1, 0.15) is 5.65 Å².